The molecule has 0 aliphatic rings. The molecular formula is C15H15Cl2NO. The van der Waals surface area contributed by atoms with Gasteiger partial charge in [-0.2, -0.15) is 0 Å². The highest BCUT2D eigenvalue weighted by atomic mass is 35.5. The molecule has 0 spiro atoms. The summed E-state index contributed by atoms with van der Waals surface area (Å²) in [6, 6.07) is 13.1. The molecule has 100 valence electrons. The van der Waals surface area contributed by atoms with Crippen molar-refractivity contribution in [3.05, 3.63) is 63.6 Å². The average molecular weight is 296 g/mol. The second kappa shape index (κ2) is 6.29. The van der Waals surface area contributed by atoms with Crippen LogP contribution in [0.5, 0.6) is 5.75 Å². The maximum absolute atomic E-state index is 5.96. The lowest BCUT2D eigenvalue weighted by Crippen LogP contribution is -2.19. The van der Waals surface area contributed by atoms with E-state index in [4.69, 9.17) is 33.7 Å². The Morgan fingerprint density at radius 1 is 1.11 bits per heavy atom. The van der Waals surface area contributed by atoms with Crippen LogP contribution >= 0.6 is 23.2 Å². The molecule has 0 amide bonds. The van der Waals surface area contributed by atoms with E-state index in [1.54, 1.807) is 18.2 Å². The summed E-state index contributed by atoms with van der Waals surface area (Å²) in [5.74, 6) is 0.621. The highest BCUT2D eigenvalue weighted by Crippen LogP contribution is 2.28. The number of rotatable bonds is 4. The van der Waals surface area contributed by atoms with Crippen molar-refractivity contribution in [3.8, 4) is 5.75 Å². The summed E-state index contributed by atoms with van der Waals surface area (Å²) in [7, 11) is 0. The maximum Gasteiger partial charge on any atom is 0.136 e. The first-order valence-corrected chi connectivity index (χ1v) is 6.74. The zero-order valence-electron chi connectivity index (χ0n) is 10.6. The highest BCUT2D eigenvalue weighted by Gasteiger charge is 2.14. The van der Waals surface area contributed by atoms with Gasteiger partial charge in [-0.3, -0.25) is 0 Å². The highest BCUT2D eigenvalue weighted by molar-refractivity contribution is 6.34. The van der Waals surface area contributed by atoms with E-state index in [0.717, 1.165) is 11.1 Å². The van der Waals surface area contributed by atoms with Crippen LogP contribution in [0.15, 0.2) is 42.5 Å². The number of hydrogen-bond donors (Lipinski definition) is 1. The van der Waals surface area contributed by atoms with Crippen molar-refractivity contribution in [1.82, 2.24) is 0 Å². The van der Waals surface area contributed by atoms with Crippen LogP contribution in [-0.4, -0.2) is 6.54 Å². The quantitative estimate of drug-likeness (QED) is 0.908. The molecular weight excluding hydrogens is 281 g/mol. The van der Waals surface area contributed by atoms with Crippen molar-refractivity contribution in [1.29, 1.82) is 0 Å². The Labute approximate surface area is 123 Å². The summed E-state index contributed by atoms with van der Waals surface area (Å²) in [5.41, 5.74) is 8.02. The summed E-state index contributed by atoms with van der Waals surface area (Å²) in [6.07, 6.45) is -0.212. The molecule has 0 bridgehead atoms. The zero-order valence-corrected chi connectivity index (χ0v) is 12.1. The number of ether oxygens (including phenoxy) is 1. The fourth-order valence-electron chi connectivity index (χ4n) is 1.95. The number of aryl methyl sites for hydroxylation is 1. The summed E-state index contributed by atoms with van der Waals surface area (Å²) >= 11 is 11.9. The lowest BCUT2D eigenvalue weighted by atomic mass is 10.0. The Bertz CT molecular complexity index is 552. The van der Waals surface area contributed by atoms with Crippen molar-refractivity contribution in [2.75, 3.05) is 6.54 Å². The first-order chi connectivity index (χ1) is 9.10. The molecule has 2 N–H and O–H groups in total. The van der Waals surface area contributed by atoms with E-state index in [2.05, 4.69) is 0 Å². The maximum atomic E-state index is 5.96. The van der Waals surface area contributed by atoms with E-state index in [9.17, 15) is 0 Å². The van der Waals surface area contributed by atoms with Crippen LogP contribution < -0.4 is 10.5 Å². The van der Waals surface area contributed by atoms with Crippen LogP contribution in [0.1, 0.15) is 17.2 Å². The Morgan fingerprint density at radius 2 is 1.74 bits per heavy atom. The fraction of sp³-hybridized carbons (Fsp3) is 0.200. The lowest BCUT2D eigenvalue weighted by molar-refractivity contribution is 0.213. The molecule has 0 fully saturated rings. The molecule has 1 atom stereocenters. The molecule has 0 aliphatic carbocycles. The minimum absolute atomic E-state index is 0.212. The third-order valence-electron chi connectivity index (χ3n) is 2.86. The summed E-state index contributed by atoms with van der Waals surface area (Å²) in [4.78, 5) is 0. The molecule has 0 aromatic heterocycles. The van der Waals surface area contributed by atoms with Gasteiger partial charge in [0, 0.05) is 16.6 Å². The largest absolute Gasteiger partial charge is 0.484 e. The fourth-order valence-corrected chi connectivity index (χ4v) is 2.45. The standard InChI is InChI=1S/C15H15Cl2NO/c1-10-4-2-3-5-14(10)15(9-18)19-13-7-11(16)6-12(17)8-13/h2-8,15H,9,18H2,1H3. The van der Waals surface area contributed by atoms with Crippen molar-refractivity contribution in [2.24, 2.45) is 5.73 Å². The SMILES string of the molecule is Cc1ccccc1C(CN)Oc1cc(Cl)cc(Cl)c1. The molecule has 4 heteroatoms. The van der Waals surface area contributed by atoms with Crippen LogP contribution in [-0.2, 0) is 0 Å². The normalized spacial score (nSPS) is 12.2. The molecule has 19 heavy (non-hydrogen) atoms. The molecule has 0 radical (unpaired) electrons. The molecule has 0 saturated heterocycles. The topological polar surface area (TPSA) is 35.2 Å². The summed E-state index contributed by atoms with van der Waals surface area (Å²) in [6.45, 7) is 2.42. The first kappa shape index (κ1) is 14.2. The third kappa shape index (κ3) is 3.63. The van der Waals surface area contributed by atoms with Crippen molar-refractivity contribution < 1.29 is 4.74 Å². The molecule has 0 heterocycles. The minimum atomic E-state index is -0.212. The predicted octanol–water partition coefficient (Wildman–Crippen LogP) is 4.38. The van der Waals surface area contributed by atoms with Gasteiger partial charge in [0.1, 0.15) is 11.9 Å². The number of benzene rings is 2. The van der Waals surface area contributed by atoms with Gasteiger partial charge in [-0.15, -0.1) is 0 Å². The summed E-state index contributed by atoms with van der Waals surface area (Å²) in [5, 5.41) is 1.09. The number of nitrogens with two attached hydrogens (primary N) is 1. The Morgan fingerprint density at radius 3 is 2.32 bits per heavy atom. The van der Waals surface area contributed by atoms with Crippen LogP contribution in [0.25, 0.3) is 0 Å². The average Bonchev–Trinajstić information content (AvgIpc) is 2.36. The van der Waals surface area contributed by atoms with E-state index in [1.165, 1.54) is 0 Å². The lowest BCUT2D eigenvalue weighted by Gasteiger charge is -2.20. The Balaban J connectivity index is 2.26. The van der Waals surface area contributed by atoms with Crippen LogP contribution in [0, 0.1) is 6.92 Å². The van der Waals surface area contributed by atoms with Gasteiger partial charge in [-0.25, -0.2) is 0 Å². The van der Waals surface area contributed by atoms with Gasteiger partial charge < -0.3 is 10.5 Å². The molecule has 2 nitrogen and oxygen atoms in total. The van der Waals surface area contributed by atoms with Crippen molar-refractivity contribution >= 4 is 23.2 Å². The van der Waals surface area contributed by atoms with Gasteiger partial charge in [-0.05, 0) is 36.2 Å². The van der Waals surface area contributed by atoms with Gasteiger partial charge in [0.15, 0.2) is 0 Å². The smallest absolute Gasteiger partial charge is 0.136 e. The molecule has 1 unspecified atom stereocenters. The van der Waals surface area contributed by atoms with Gasteiger partial charge in [0.2, 0.25) is 0 Å². The predicted molar refractivity (Wildman–Crippen MR) is 80.1 cm³/mol. The van der Waals surface area contributed by atoms with E-state index in [-0.39, 0.29) is 6.10 Å². The Kier molecular flexibility index (Phi) is 4.70. The van der Waals surface area contributed by atoms with E-state index < -0.39 is 0 Å². The van der Waals surface area contributed by atoms with Crippen molar-refractivity contribution in [2.45, 2.75) is 13.0 Å². The van der Waals surface area contributed by atoms with E-state index in [0.29, 0.717) is 22.3 Å². The molecule has 2 rings (SSSR count). The molecule has 2 aromatic carbocycles. The van der Waals surface area contributed by atoms with Crippen molar-refractivity contribution in [3.63, 3.8) is 0 Å². The molecule has 0 aliphatic heterocycles. The minimum Gasteiger partial charge on any atom is -0.484 e. The van der Waals surface area contributed by atoms with E-state index in [1.807, 2.05) is 31.2 Å². The molecule has 2 aromatic rings. The number of halogens is 2. The van der Waals surface area contributed by atoms with Crippen LogP contribution in [0.2, 0.25) is 10.0 Å². The Hall–Kier alpha value is -1.22. The summed E-state index contributed by atoms with van der Waals surface area (Å²) < 4.78 is 5.90. The van der Waals surface area contributed by atoms with Gasteiger partial charge in [0.25, 0.3) is 0 Å². The number of hydrogen-bond acceptors (Lipinski definition) is 2. The van der Waals surface area contributed by atoms with Crippen LogP contribution in [0.3, 0.4) is 0 Å². The van der Waals surface area contributed by atoms with Gasteiger partial charge in [0.05, 0.1) is 0 Å². The third-order valence-corrected chi connectivity index (χ3v) is 3.30. The second-order valence-corrected chi connectivity index (χ2v) is 5.18. The van der Waals surface area contributed by atoms with Gasteiger partial charge >= 0.3 is 0 Å². The second-order valence-electron chi connectivity index (χ2n) is 4.30. The van der Waals surface area contributed by atoms with E-state index >= 15 is 0 Å². The first-order valence-electron chi connectivity index (χ1n) is 5.98. The molecule has 0 saturated carbocycles. The zero-order chi connectivity index (χ0) is 13.8. The monoisotopic (exact) mass is 295 g/mol. The van der Waals surface area contributed by atoms with Gasteiger partial charge in [-0.1, -0.05) is 47.5 Å². The van der Waals surface area contributed by atoms with Crippen LogP contribution in [0.4, 0.5) is 0 Å².